The quantitative estimate of drug-likeness (QED) is 0.833. The SMILES string of the molecule is CC1CN(c2ccc3c(c2)C[C@@H](C)CN3C)CCN1. The van der Waals surface area contributed by atoms with Gasteiger partial charge in [-0.1, -0.05) is 6.92 Å². The lowest BCUT2D eigenvalue weighted by Crippen LogP contribution is -2.49. The van der Waals surface area contributed by atoms with Gasteiger partial charge in [-0.25, -0.2) is 0 Å². The van der Waals surface area contributed by atoms with Crippen molar-refractivity contribution in [2.75, 3.05) is 43.0 Å². The van der Waals surface area contributed by atoms with Gasteiger partial charge in [0.05, 0.1) is 0 Å². The maximum absolute atomic E-state index is 3.51. The number of hydrogen-bond donors (Lipinski definition) is 1. The smallest absolute Gasteiger partial charge is 0.0397 e. The molecule has 0 aliphatic carbocycles. The summed E-state index contributed by atoms with van der Waals surface area (Å²) in [4.78, 5) is 4.91. The number of fused-ring (bicyclic) bond motifs is 1. The molecule has 2 atom stereocenters. The number of anilines is 2. The summed E-state index contributed by atoms with van der Waals surface area (Å²) in [6.45, 7) is 9.11. The topological polar surface area (TPSA) is 18.5 Å². The van der Waals surface area contributed by atoms with Crippen molar-refractivity contribution in [3.63, 3.8) is 0 Å². The molecule has 0 spiro atoms. The summed E-state index contributed by atoms with van der Waals surface area (Å²) in [6.07, 6.45) is 1.22. The second-order valence-corrected chi connectivity index (χ2v) is 6.30. The van der Waals surface area contributed by atoms with Gasteiger partial charge in [-0.05, 0) is 43.0 Å². The maximum atomic E-state index is 3.51. The van der Waals surface area contributed by atoms with E-state index in [2.05, 4.69) is 54.2 Å². The van der Waals surface area contributed by atoms with Crippen LogP contribution < -0.4 is 15.1 Å². The van der Waals surface area contributed by atoms with Gasteiger partial charge < -0.3 is 15.1 Å². The molecular weight excluding hydrogens is 234 g/mol. The first-order valence-corrected chi connectivity index (χ1v) is 7.46. The molecule has 1 aromatic rings. The van der Waals surface area contributed by atoms with Crippen LogP contribution in [0.4, 0.5) is 11.4 Å². The normalized spacial score (nSPS) is 27.3. The Labute approximate surface area is 116 Å². The van der Waals surface area contributed by atoms with Crippen molar-refractivity contribution in [2.24, 2.45) is 5.92 Å². The molecule has 3 heteroatoms. The van der Waals surface area contributed by atoms with E-state index in [-0.39, 0.29) is 0 Å². The Bertz CT molecular complexity index is 457. The van der Waals surface area contributed by atoms with Gasteiger partial charge in [-0.3, -0.25) is 0 Å². The Morgan fingerprint density at radius 1 is 1.21 bits per heavy atom. The van der Waals surface area contributed by atoms with E-state index in [0.29, 0.717) is 6.04 Å². The standard InChI is InChI=1S/C16H25N3/c1-12-8-14-9-15(4-5-16(14)18(3)10-12)19-7-6-17-13(2)11-19/h4-5,9,12-13,17H,6-8,10-11H2,1-3H3/t12-,13?/m1/s1. The Hall–Kier alpha value is -1.22. The van der Waals surface area contributed by atoms with E-state index >= 15 is 0 Å². The molecule has 2 aliphatic heterocycles. The zero-order valence-corrected chi connectivity index (χ0v) is 12.3. The minimum Gasteiger partial charge on any atom is -0.374 e. The van der Waals surface area contributed by atoms with Gasteiger partial charge in [-0.2, -0.15) is 0 Å². The van der Waals surface area contributed by atoms with Crippen LogP contribution in [0.25, 0.3) is 0 Å². The molecule has 19 heavy (non-hydrogen) atoms. The third-order valence-corrected chi connectivity index (χ3v) is 4.36. The molecule has 3 nitrogen and oxygen atoms in total. The monoisotopic (exact) mass is 259 g/mol. The van der Waals surface area contributed by atoms with E-state index in [9.17, 15) is 0 Å². The molecule has 1 unspecified atom stereocenters. The molecule has 2 heterocycles. The first-order chi connectivity index (χ1) is 9.13. The van der Waals surface area contributed by atoms with Crippen LogP contribution in [0.3, 0.4) is 0 Å². The predicted octanol–water partition coefficient (Wildman–Crippen LogP) is 2.11. The van der Waals surface area contributed by atoms with Crippen LogP contribution in [-0.2, 0) is 6.42 Å². The van der Waals surface area contributed by atoms with Crippen LogP contribution in [0.1, 0.15) is 19.4 Å². The molecule has 0 aromatic heterocycles. The van der Waals surface area contributed by atoms with Crippen molar-refractivity contribution < 1.29 is 0 Å². The van der Waals surface area contributed by atoms with Gasteiger partial charge in [0.15, 0.2) is 0 Å². The summed E-state index contributed by atoms with van der Waals surface area (Å²) in [7, 11) is 2.21. The number of piperazine rings is 1. The minimum absolute atomic E-state index is 0.589. The summed E-state index contributed by atoms with van der Waals surface area (Å²) < 4.78 is 0. The molecule has 3 rings (SSSR count). The molecule has 0 bridgehead atoms. The van der Waals surface area contributed by atoms with Crippen molar-refractivity contribution in [3.05, 3.63) is 23.8 Å². The summed E-state index contributed by atoms with van der Waals surface area (Å²) >= 11 is 0. The van der Waals surface area contributed by atoms with Gasteiger partial charge in [0.2, 0.25) is 0 Å². The summed E-state index contributed by atoms with van der Waals surface area (Å²) in [5.74, 6) is 0.759. The lowest BCUT2D eigenvalue weighted by Gasteiger charge is -2.36. The fraction of sp³-hybridized carbons (Fsp3) is 0.625. The molecule has 0 amide bonds. The zero-order chi connectivity index (χ0) is 13.4. The molecular formula is C16H25N3. The average Bonchev–Trinajstić information content (AvgIpc) is 2.37. The van der Waals surface area contributed by atoms with E-state index in [0.717, 1.165) is 25.6 Å². The fourth-order valence-corrected chi connectivity index (χ4v) is 3.48. The van der Waals surface area contributed by atoms with Crippen molar-refractivity contribution in [1.29, 1.82) is 0 Å². The van der Waals surface area contributed by atoms with Crippen LogP contribution >= 0.6 is 0 Å². The van der Waals surface area contributed by atoms with Gasteiger partial charge in [0.25, 0.3) is 0 Å². The van der Waals surface area contributed by atoms with Gasteiger partial charge >= 0.3 is 0 Å². The number of rotatable bonds is 1. The maximum Gasteiger partial charge on any atom is 0.0397 e. The highest BCUT2D eigenvalue weighted by atomic mass is 15.2. The largest absolute Gasteiger partial charge is 0.374 e. The van der Waals surface area contributed by atoms with Gasteiger partial charge in [-0.15, -0.1) is 0 Å². The van der Waals surface area contributed by atoms with Gasteiger partial charge in [0.1, 0.15) is 0 Å². The Kier molecular flexibility index (Phi) is 3.40. The lowest BCUT2D eigenvalue weighted by atomic mass is 9.93. The van der Waals surface area contributed by atoms with Crippen LogP contribution in [0.15, 0.2) is 18.2 Å². The third-order valence-electron chi connectivity index (χ3n) is 4.36. The molecule has 1 fully saturated rings. The zero-order valence-electron chi connectivity index (χ0n) is 12.3. The van der Waals surface area contributed by atoms with Gasteiger partial charge in [0, 0.05) is 50.6 Å². The minimum atomic E-state index is 0.589. The highest BCUT2D eigenvalue weighted by Crippen LogP contribution is 2.32. The Balaban J connectivity index is 1.86. The molecule has 104 valence electrons. The average molecular weight is 259 g/mol. The number of nitrogens with one attached hydrogen (secondary N) is 1. The Morgan fingerprint density at radius 3 is 2.84 bits per heavy atom. The highest BCUT2D eigenvalue weighted by Gasteiger charge is 2.21. The second-order valence-electron chi connectivity index (χ2n) is 6.30. The van der Waals surface area contributed by atoms with Crippen LogP contribution in [0.5, 0.6) is 0 Å². The summed E-state index contributed by atoms with van der Waals surface area (Å²) in [5.41, 5.74) is 4.34. The van der Waals surface area contributed by atoms with Crippen molar-refractivity contribution in [3.8, 4) is 0 Å². The highest BCUT2D eigenvalue weighted by molar-refractivity contribution is 5.63. The van der Waals surface area contributed by atoms with Crippen LogP contribution in [0.2, 0.25) is 0 Å². The van der Waals surface area contributed by atoms with Crippen molar-refractivity contribution in [1.82, 2.24) is 5.32 Å². The summed E-state index contributed by atoms with van der Waals surface area (Å²) in [6, 6.07) is 7.61. The molecule has 0 radical (unpaired) electrons. The van der Waals surface area contributed by atoms with E-state index < -0.39 is 0 Å². The number of nitrogens with zero attached hydrogens (tertiary/aromatic N) is 2. The molecule has 1 saturated heterocycles. The molecule has 1 N–H and O–H groups in total. The lowest BCUT2D eigenvalue weighted by molar-refractivity contribution is 0.484. The van der Waals surface area contributed by atoms with Crippen LogP contribution in [0, 0.1) is 5.92 Å². The number of hydrogen-bond acceptors (Lipinski definition) is 3. The van der Waals surface area contributed by atoms with E-state index in [1.165, 1.54) is 29.9 Å². The summed E-state index contributed by atoms with van der Waals surface area (Å²) in [5, 5.41) is 3.51. The van der Waals surface area contributed by atoms with Crippen molar-refractivity contribution in [2.45, 2.75) is 26.3 Å². The first kappa shape index (κ1) is 12.8. The van der Waals surface area contributed by atoms with E-state index in [4.69, 9.17) is 0 Å². The predicted molar refractivity (Wildman–Crippen MR) is 82.3 cm³/mol. The van der Waals surface area contributed by atoms with Crippen molar-refractivity contribution >= 4 is 11.4 Å². The molecule has 0 saturated carbocycles. The molecule has 1 aromatic carbocycles. The van der Waals surface area contributed by atoms with E-state index in [1.807, 2.05) is 0 Å². The first-order valence-electron chi connectivity index (χ1n) is 7.46. The molecule has 2 aliphatic rings. The van der Waals surface area contributed by atoms with Crippen LogP contribution in [-0.4, -0.2) is 39.3 Å². The number of benzene rings is 1. The second kappa shape index (κ2) is 5.04. The van der Waals surface area contributed by atoms with E-state index in [1.54, 1.807) is 0 Å². The third kappa shape index (κ3) is 2.57. The fourth-order valence-electron chi connectivity index (χ4n) is 3.48. The Morgan fingerprint density at radius 2 is 2.05 bits per heavy atom.